The number of carbonyl (C=O) groups is 2. The largest absolute Gasteiger partial charge is 0.321 e. The number of nitrogens with zero attached hydrogens (tertiary/aromatic N) is 1. The molecule has 2 aromatic rings. The Labute approximate surface area is 152 Å². The minimum absolute atomic E-state index is 0.206. The highest BCUT2D eigenvalue weighted by Gasteiger charge is 2.16. The van der Waals surface area contributed by atoms with Crippen molar-refractivity contribution in [1.82, 2.24) is 0 Å². The summed E-state index contributed by atoms with van der Waals surface area (Å²) >= 11 is 6.29. The van der Waals surface area contributed by atoms with Gasteiger partial charge in [-0.1, -0.05) is 18.2 Å². The zero-order chi connectivity index (χ0) is 18.0. The Bertz CT molecular complexity index is 844. The monoisotopic (exact) mass is 354 g/mol. The molecule has 3 rings (SSSR count). The van der Waals surface area contributed by atoms with E-state index >= 15 is 0 Å². The molecule has 0 spiro atoms. The van der Waals surface area contributed by atoms with E-state index in [1.807, 2.05) is 12.1 Å². The molecule has 1 aliphatic rings. The van der Waals surface area contributed by atoms with Crippen molar-refractivity contribution in [3.05, 3.63) is 70.8 Å². The normalized spacial score (nSPS) is 12.4. The highest BCUT2D eigenvalue weighted by atomic mass is 35.5. The number of amides is 2. The van der Waals surface area contributed by atoms with Crippen LogP contribution in [0.2, 0.25) is 5.02 Å². The summed E-state index contributed by atoms with van der Waals surface area (Å²) in [6.07, 6.45) is 4.44. The van der Waals surface area contributed by atoms with Crippen LogP contribution in [0.5, 0.6) is 0 Å². The molecule has 0 unspecified atom stereocenters. The minimum Gasteiger partial charge on any atom is -0.321 e. The van der Waals surface area contributed by atoms with Crippen molar-refractivity contribution >= 4 is 34.8 Å². The van der Waals surface area contributed by atoms with Gasteiger partial charge in [0, 0.05) is 18.3 Å². The highest BCUT2D eigenvalue weighted by Crippen LogP contribution is 2.31. The van der Waals surface area contributed by atoms with E-state index in [9.17, 15) is 9.59 Å². The molecular formula is C20H19ClN2O2. The second-order valence-electron chi connectivity index (χ2n) is 6.06. The van der Waals surface area contributed by atoms with Crippen molar-refractivity contribution < 1.29 is 9.59 Å². The van der Waals surface area contributed by atoms with Gasteiger partial charge in [0.15, 0.2) is 0 Å². The van der Waals surface area contributed by atoms with E-state index in [1.54, 1.807) is 31.3 Å². The van der Waals surface area contributed by atoms with Crippen LogP contribution < -0.4 is 10.2 Å². The Kier molecular flexibility index (Phi) is 4.91. The third kappa shape index (κ3) is 3.59. The van der Waals surface area contributed by atoms with Gasteiger partial charge < -0.3 is 10.2 Å². The number of anilines is 2. The topological polar surface area (TPSA) is 49.4 Å². The number of fused-ring (bicyclic) bond motifs is 1. The molecule has 4 nitrogen and oxygen atoms in total. The zero-order valence-electron chi connectivity index (χ0n) is 14.0. The molecule has 128 valence electrons. The molecule has 0 saturated heterocycles. The Morgan fingerprint density at radius 1 is 1.16 bits per heavy atom. The number of nitrogens with one attached hydrogen (secondary N) is 1. The molecular weight excluding hydrogens is 336 g/mol. The number of aryl methyl sites for hydroxylation is 2. The number of rotatable bonds is 4. The van der Waals surface area contributed by atoms with Crippen molar-refractivity contribution in [3.63, 3.8) is 0 Å². The van der Waals surface area contributed by atoms with Gasteiger partial charge in [0.2, 0.25) is 5.91 Å². The first-order valence-electron chi connectivity index (χ1n) is 8.12. The van der Waals surface area contributed by atoms with E-state index in [0.29, 0.717) is 22.0 Å². The summed E-state index contributed by atoms with van der Waals surface area (Å²) in [7, 11) is 1.66. The van der Waals surface area contributed by atoms with Crippen LogP contribution in [0.4, 0.5) is 11.4 Å². The second-order valence-corrected chi connectivity index (χ2v) is 6.46. The molecule has 0 atom stereocenters. The first kappa shape index (κ1) is 17.2. The number of likely N-dealkylation sites (N-methyl/N-ethyl adjacent to an activating group) is 1. The van der Waals surface area contributed by atoms with Crippen molar-refractivity contribution in [3.8, 4) is 0 Å². The SMILES string of the molecule is C=CC(=O)N(C)c1ccc(C(=O)Nc2cc3c(cc2Cl)CCC3)cc1. The van der Waals surface area contributed by atoms with Gasteiger partial charge in [-0.25, -0.2) is 0 Å². The molecule has 1 N–H and O–H groups in total. The second kappa shape index (κ2) is 7.11. The van der Waals surface area contributed by atoms with E-state index < -0.39 is 0 Å². The molecule has 0 fully saturated rings. The van der Waals surface area contributed by atoms with Gasteiger partial charge in [-0.15, -0.1) is 0 Å². The molecule has 0 radical (unpaired) electrons. The number of benzene rings is 2. The first-order chi connectivity index (χ1) is 12.0. The van der Waals surface area contributed by atoms with Gasteiger partial charge in [-0.2, -0.15) is 0 Å². The average Bonchev–Trinajstić information content (AvgIpc) is 3.07. The molecule has 0 aliphatic heterocycles. The van der Waals surface area contributed by atoms with Crippen LogP contribution in [0.3, 0.4) is 0 Å². The molecule has 2 aromatic carbocycles. The Hall–Kier alpha value is -2.59. The molecule has 1 aliphatic carbocycles. The molecule has 0 aromatic heterocycles. The lowest BCUT2D eigenvalue weighted by Crippen LogP contribution is -2.23. The zero-order valence-corrected chi connectivity index (χ0v) is 14.8. The lowest BCUT2D eigenvalue weighted by atomic mass is 10.1. The summed E-state index contributed by atoms with van der Waals surface area (Å²) < 4.78 is 0. The molecule has 25 heavy (non-hydrogen) atoms. The maximum Gasteiger partial charge on any atom is 0.255 e. The third-order valence-electron chi connectivity index (χ3n) is 4.45. The maximum atomic E-state index is 12.5. The lowest BCUT2D eigenvalue weighted by Gasteiger charge is -2.15. The standard InChI is InChI=1S/C20H19ClN2O2/c1-3-19(24)23(2)16-9-7-13(8-10-16)20(25)22-18-12-15-6-4-5-14(15)11-17(18)21/h3,7-12H,1,4-6H2,2H3,(H,22,25). The maximum absolute atomic E-state index is 12.5. The van der Waals surface area contributed by atoms with E-state index in [-0.39, 0.29) is 11.8 Å². The molecule has 0 saturated carbocycles. The predicted octanol–water partition coefficient (Wildman–Crippen LogP) is 4.23. The Balaban J connectivity index is 1.76. The predicted molar refractivity (Wildman–Crippen MR) is 101 cm³/mol. The van der Waals surface area contributed by atoms with Crippen LogP contribution >= 0.6 is 11.6 Å². The molecule has 2 amide bonds. The van der Waals surface area contributed by atoms with Gasteiger partial charge >= 0.3 is 0 Å². The number of hydrogen-bond acceptors (Lipinski definition) is 2. The van der Waals surface area contributed by atoms with Crippen molar-refractivity contribution in [2.24, 2.45) is 0 Å². The minimum atomic E-state index is -0.232. The number of carbonyl (C=O) groups excluding carboxylic acids is 2. The van der Waals surface area contributed by atoms with Crippen LogP contribution in [-0.2, 0) is 17.6 Å². The van der Waals surface area contributed by atoms with Gasteiger partial charge in [-0.3, -0.25) is 9.59 Å². The fraction of sp³-hybridized carbons (Fsp3) is 0.200. The molecule has 5 heteroatoms. The van der Waals surface area contributed by atoms with Crippen LogP contribution in [0.1, 0.15) is 27.9 Å². The summed E-state index contributed by atoms with van der Waals surface area (Å²) in [6.45, 7) is 3.46. The summed E-state index contributed by atoms with van der Waals surface area (Å²) in [6, 6.07) is 10.7. The van der Waals surface area contributed by atoms with Crippen LogP contribution in [0.15, 0.2) is 49.1 Å². The molecule has 0 bridgehead atoms. The summed E-state index contributed by atoms with van der Waals surface area (Å²) in [4.78, 5) is 25.6. The number of halogens is 1. The van der Waals surface area contributed by atoms with Gasteiger partial charge in [0.1, 0.15) is 0 Å². The summed E-state index contributed by atoms with van der Waals surface area (Å²) in [5, 5.41) is 3.43. The lowest BCUT2D eigenvalue weighted by molar-refractivity contribution is -0.113. The quantitative estimate of drug-likeness (QED) is 0.835. The first-order valence-corrected chi connectivity index (χ1v) is 8.50. The van der Waals surface area contributed by atoms with Crippen molar-refractivity contribution in [2.45, 2.75) is 19.3 Å². The fourth-order valence-corrected chi connectivity index (χ4v) is 3.22. The Morgan fingerprint density at radius 3 is 2.44 bits per heavy atom. The Morgan fingerprint density at radius 2 is 1.80 bits per heavy atom. The smallest absolute Gasteiger partial charge is 0.255 e. The summed E-state index contributed by atoms with van der Waals surface area (Å²) in [5.41, 5.74) is 4.34. The van der Waals surface area contributed by atoms with Crippen LogP contribution in [0.25, 0.3) is 0 Å². The fourth-order valence-electron chi connectivity index (χ4n) is 2.98. The summed E-state index contributed by atoms with van der Waals surface area (Å²) in [5.74, 6) is -0.439. The van der Waals surface area contributed by atoms with Gasteiger partial charge in [-0.05, 0) is 72.9 Å². The third-order valence-corrected chi connectivity index (χ3v) is 4.76. The van der Waals surface area contributed by atoms with Crippen molar-refractivity contribution in [1.29, 1.82) is 0 Å². The van der Waals surface area contributed by atoms with Crippen molar-refractivity contribution in [2.75, 3.05) is 17.3 Å². The molecule has 0 heterocycles. The van der Waals surface area contributed by atoms with E-state index in [1.165, 1.54) is 22.1 Å². The van der Waals surface area contributed by atoms with Gasteiger partial charge in [0.05, 0.1) is 10.7 Å². The van der Waals surface area contributed by atoms with Gasteiger partial charge in [0.25, 0.3) is 5.91 Å². The van der Waals surface area contributed by atoms with E-state index in [0.717, 1.165) is 19.3 Å². The van der Waals surface area contributed by atoms with E-state index in [2.05, 4.69) is 11.9 Å². The average molecular weight is 355 g/mol. The van der Waals surface area contributed by atoms with Crippen LogP contribution in [0, 0.1) is 0 Å². The van der Waals surface area contributed by atoms with Crippen LogP contribution in [-0.4, -0.2) is 18.9 Å². The highest BCUT2D eigenvalue weighted by molar-refractivity contribution is 6.34. The number of hydrogen-bond donors (Lipinski definition) is 1. The van der Waals surface area contributed by atoms with E-state index in [4.69, 9.17) is 11.6 Å².